The number of hydrogen-bond acceptors (Lipinski definition) is 7. The summed E-state index contributed by atoms with van der Waals surface area (Å²) in [6.07, 6.45) is 1.52. The van der Waals surface area contributed by atoms with Crippen molar-refractivity contribution < 1.29 is 9.53 Å². The molecule has 2 aliphatic heterocycles. The van der Waals surface area contributed by atoms with E-state index < -0.39 is 0 Å². The largest absolute Gasteiger partial charge is 0.368 e. The third-order valence-corrected chi connectivity index (χ3v) is 4.99. The van der Waals surface area contributed by atoms with Crippen LogP contribution in [-0.2, 0) is 9.53 Å². The van der Waals surface area contributed by atoms with E-state index in [2.05, 4.69) is 30.2 Å². The number of morpholine rings is 1. The number of carbonyl (C=O) groups is 1. The summed E-state index contributed by atoms with van der Waals surface area (Å²) >= 11 is 0. The van der Waals surface area contributed by atoms with Crippen LogP contribution in [0.2, 0.25) is 0 Å². The zero-order valence-electron chi connectivity index (χ0n) is 15.6. The lowest BCUT2D eigenvalue weighted by Crippen LogP contribution is -2.73. The van der Waals surface area contributed by atoms with Gasteiger partial charge in [-0.15, -0.1) is 0 Å². The minimum atomic E-state index is -0.243. The van der Waals surface area contributed by atoms with Gasteiger partial charge in [0.1, 0.15) is 23.8 Å². The highest BCUT2D eigenvalue weighted by molar-refractivity contribution is 5.82. The Bertz CT molecular complexity index is 828. The zero-order valence-corrected chi connectivity index (χ0v) is 15.6. The SMILES string of the molecule is Cc1cc(N2CC3(C2)CN(C)C(C(=O)NC(C)C)CO3)n2ncnc2n1. The Labute approximate surface area is 152 Å². The second-order valence-corrected chi connectivity index (χ2v) is 7.67. The number of anilines is 1. The van der Waals surface area contributed by atoms with Gasteiger partial charge in [-0.3, -0.25) is 9.69 Å². The van der Waals surface area contributed by atoms with Crippen molar-refractivity contribution in [2.45, 2.75) is 38.5 Å². The van der Waals surface area contributed by atoms with Crippen molar-refractivity contribution in [3.8, 4) is 0 Å². The Kier molecular flexibility index (Phi) is 4.07. The molecule has 0 bridgehead atoms. The van der Waals surface area contributed by atoms with Crippen molar-refractivity contribution in [2.24, 2.45) is 0 Å². The molecule has 1 N–H and O–H groups in total. The molecule has 9 heteroatoms. The van der Waals surface area contributed by atoms with E-state index in [9.17, 15) is 4.79 Å². The summed E-state index contributed by atoms with van der Waals surface area (Å²) in [6, 6.07) is 1.91. The van der Waals surface area contributed by atoms with Crippen LogP contribution in [0.25, 0.3) is 5.78 Å². The maximum atomic E-state index is 12.3. The summed E-state index contributed by atoms with van der Waals surface area (Å²) in [4.78, 5) is 25.2. The Morgan fingerprint density at radius 3 is 2.85 bits per heavy atom. The highest BCUT2D eigenvalue weighted by atomic mass is 16.5. The molecular weight excluding hydrogens is 334 g/mol. The zero-order chi connectivity index (χ0) is 18.5. The molecule has 0 radical (unpaired) electrons. The fourth-order valence-corrected chi connectivity index (χ4v) is 3.79. The molecule has 9 nitrogen and oxygen atoms in total. The molecule has 2 fully saturated rings. The lowest BCUT2D eigenvalue weighted by Gasteiger charge is -2.55. The molecule has 4 rings (SSSR count). The van der Waals surface area contributed by atoms with E-state index in [1.54, 1.807) is 4.52 Å². The van der Waals surface area contributed by atoms with E-state index in [0.29, 0.717) is 12.4 Å². The first-order valence-electron chi connectivity index (χ1n) is 8.94. The second-order valence-electron chi connectivity index (χ2n) is 7.67. The van der Waals surface area contributed by atoms with Crippen LogP contribution < -0.4 is 10.2 Å². The number of aromatic nitrogens is 4. The first kappa shape index (κ1) is 17.2. The molecule has 4 heterocycles. The second kappa shape index (κ2) is 6.17. The summed E-state index contributed by atoms with van der Waals surface area (Å²) < 4.78 is 7.91. The fraction of sp³-hybridized carbons (Fsp3) is 0.647. The van der Waals surface area contributed by atoms with Crippen LogP contribution in [0.4, 0.5) is 5.82 Å². The molecule has 2 aromatic rings. The van der Waals surface area contributed by atoms with Crippen LogP contribution in [-0.4, -0.2) is 81.4 Å². The van der Waals surface area contributed by atoms with Crippen molar-refractivity contribution in [1.29, 1.82) is 0 Å². The molecule has 26 heavy (non-hydrogen) atoms. The van der Waals surface area contributed by atoms with E-state index >= 15 is 0 Å². The van der Waals surface area contributed by atoms with Crippen LogP contribution in [0.1, 0.15) is 19.5 Å². The number of rotatable bonds is 3. The van der Waals surface area contributed by atoms with Crippen molar-refractivity contribution in [2.75, 3.05) is 38.2 Å². The lowest BCUT2D eigenvalue weighted by molar-refractivity contribution is -0.157. The number of likely N-dealkylation sites (N-methyl/N-ethyl adjacent to an activating group) is 1. The highest BCUT2D eigenvalue weighted by Crippen LogP contribution is 2.34. The van der Waals surface area contributed by atoms with Crippen molar-refractivity contribution in [3.63, 3.8) is 0 Å². The fourth-order valence-electron chi connectivity index (χ4n) is 3.79. The maximum absolute atomic E-state index is 12.3. The van der Waals surface area contributed by atoms with Gasteiger partial charge in [0.25, 0.3) is 5.78 Å². The molecule has 140 valence electrons. The van der Waals surface area contributed by atoms with Crippen LogP contribution in [0.15, 0.2) is 12.4 Å². The number of ether oxygens (including phenoxy) is 1. The van der Waals surface area contributed by atoms with Gasteiger partial charge in [0, 0.05) is 24.3 Å². The third-order valence-electron chi connectivity index (χ3n) is 4.99. The summed E-state index contributed by atoms with van der Waals surface area (Å²) in [7, 11) is 1.99. The van der Waals surface area contributed by atoms with Crippen molar-refractivity contribution in [3.05, 3.63) is 18.1 Å². The highest BCUT2D eigenvalue weighted by Gasteiger charge is 2.50. The Balaban J connectivity index is 1.44. The van der Waals surface area contributed by atoms with Crippen LogP contribution in [0, 0.1) is 6.92 Å². The van der Waals surface area contributed by atoms with E-state index in [4.69, 9.17) is 4.74 Å². The molecule has 0 aromatic carbocycles. The molecule has 1 spiro atoms. The van der Waals surface area contributed by atoms with Gasteiger partial charge in [-0.1, -0.05) is 0 Å². The number of nitrogens with one attached hydrogen (secondary N) is 1. The molecule has 1 amide bonds. The first-order chi connectivity index (χ1) is 12.4. The number of fused-ring (bicyclic) bond motifs is 1. The minimum absolute atomic E-state index is 0.0302. The van der Waals surface area contributed by atoms with E-state index in [0.717, 1.165) is 31.1 Å². The molecule has 0 saturated carbocycles. The van der Waals surface area contributed by atoms with Gasteiger partial charge in [0.2, 0.25) is 5.91 Å². The molecule has 2 aliphatic rings. The number of nitrogens with zero attached hydrogens (tertiary/aromatic N) is 6. The van der Waals surface area contributed by atoms with E-state index in [1.165, 1.54) is 6.33 Å². The summed E-state index contributed by atoms with van der Waals surface area (Å²) in [6.45, 7) is 8.54. The van der Waals surface area contributed by atoms with E-state index in [-0.39, 0.29) is 23.6 Å². The molecular formula is C17H25N7O2. The van der Waals surface area contributed by atoms with Crippen LogP contribution >= 0.6 is 0 Å². The van der Waals surface area contributed by atoms with Gasteiger partial charge in [0.15, 0.2) is 0 Å². The lowest BCUT2D eigenvalue weighted by atomic mass is 9.90. The van der Waals surface area contributed by atoms with Gasteiger partial charge < -0.3 is 15.0 Å². The number of aryl methyl sites for hydroxylation is 1. The molecule has 1 atom stereocenters. The Hall–Kier alpha value is -2.26. The smallest absolute Gasteiger partial charge is 0.254 e. The van der Waals surface area contributed by atoms with Gasteiger partial charge in [-0.25, -0.2) is 4.98 Å². The average molecular weight is 359 g/mol. The van der Waals surface area contributed by atoms with Crippen LogP contribution in [0.5, 0.6) is 0 Å². The van der Waals surface area contributed by atoms with E-state index in [1.807, 2.05) is 33.9 Å². The quantitative estimate of drug-likeness (QED) is 0.815. The van der Waals surface area contributed by atoms with Crippen molar-refractivity contribution in [1.82, 2.24) is 29.8 Å². The number of hydrogen-bond donors (Lipinski definition) is 1. The Morgan fingerprint density at radius 2 is 2.15 bits per heavy atom. The summed E-state index contributed by atoms with van der Waals surface area (Å²) in [5.41, 5.74) is 0.668. The van der Waals surface area contributed by atoms with Crippen LogP contribution in [0.3, 0.4) is 0 Å². The topological polar surface area (TPSA) is 87.9 Å². The number of carbonyl (C=O) groups excluding carboxylic acids is 1. The van der Waals surface area contributed by atoms with Gasteiger partial charge in [0.05, 0.1) is 19.7 Å². The third kappa shape index (κ3) is 2.90. The number of amides is 1. The standard InChI is InChI=1S/C17H25N7O2/c1-11(2)20-15(25)13-6-26-17(7-22(13)4)8-23(9-17)14-5-12(3)21-16-18-10-19-24(14)16/h5,10-11,13H,6-9H2,1-4H3,(H,20,25). The maximum Gasteiger partial charge on any atom is 0.254 e. The minimum Gasteiger partial charge on any atom is -0.368 e. The van der Waals surface area contributed by atoms with Gasteiger partial charge in [-0.2, -0.15) is 14.6 Å². The molecule has 2 saturated heterocycles. The average Bonchev–Trinajstić information content (AvgIpc) is 2.99. The Morgan fingerprint density at radius 1 is 1.38 bits per heavy atom. The normalized spacial score (nSPS) is 22.8. The first-order valence-corrected chi connectivity index (χ1v) is 8.94. The molecule has 2 aromatic heterocycles. The summed E-state index contributed by atoms with van der Waals surface area (Å²) in [5, 5.41) is 7.24. The van der Waals surface area contributed by atoms with Crippen molar-refractivity contribution >= 4 is 17.5 Å². The van der Waals surface area contributed by atoms with Gasteiger partial charge in [-0.05, 0) is 27.8 Å². The molecule has 0 aliphatic carbocycles. The summed E-state index contributed by atoms with van der Waals surface area (Å²) in [5.74, 6) is 1.61. The monoisotopic (exact) mass is 359 g/mol. The molecule has 1 unspecified atom stereocenters. The predicted molar refractivity (Wildman–Crippen MR) is 96.1 cm³/mol. The predicted octanol–water partition coefficient (Wildman–Crippen LogP) is -0.153. The van der Waals surface area contributed by atoms with Gasteiger partial charge >= 0.3 is 0 Å².